The van der Waals surface area contributed by atoms with E-state index in [0.29, 0.717) is 11.5 Å². The summed E-state index contributed by atoms with van der Waals surface area (Å²) in [5, 5.41) is 10.0. The first-order chi connectivity index (χ1) is 7.08. The largest absolute Gasteiger partial charge is 0.391 e. The van der Waals surface area contributed by atoms with Crippen LogP contribution in [-0.2, 0) is 0 Å². The molecule has 0 spiro atoms. The van der Waals surface area contributed by atoms with Crippen LogP contribution in [0.1, 0.15) is 52.4 Å². The zero-order valence-corrected chi connectivity index (χ0v) is 10.2. The molecule has 1 aliphatic carbocycles. The molecule has 0 amide bonds. The summed E-state index contributed by atoms with van der Waals surface area (Å²) in [6, 6.07) is 0.457. The maximum absolute atomic E-state index is 10.0. The van der Waals surface area contributed by atoms with Gasteiger partial charge in [0.1, 0.15) is 0 Å². The predicted octanol–water partition coefficient (Wildman–Crippen LogP) is 2.41. The third kappa shape index (κ3) is 2.73. The molecule has 2 nitrogen and oxygen atoms in total. The number of aliphatic hydroxyl groups is 1. The van der Waals surface area contributed by atoms with E-state index in [4.69, 9.17) is 0 Å². The molecule has 0 aromatic carbocycles. The molecule has 2 atom stereocenters. The van der Waals surface area contributed by atoms with Crippen molar-refractivity contribution < 1.29 is 5.11 Å². The predicted molar refractivity (Wildman–Crippen MR) is 62.9 cm³/mol. The fourth-order valence-electron chi connectivity index (χ4n) is 3.27. The zero-order valence-electron chi connectivity index (χ0n) is 10.2. The van der Waals surface area contributed by atoms with Crippen molar-refractivity contribution in [3.8, 4) is 0 Å². The van der Waals surface area contributed by atoms with Crippen molar-refractivity contribution in [1.82, 2.24) is 4.90 Å². The molecule has 0 radical (unpaired) electrons. The van der Waals surface area contributed by atoms with Gasteiger partial charge in [0.15, 0.2) is 0 Å². The average molecular weight is 211 g/mol. The van der Waals surface area contributed by atoms with Gasteiger partial charge < -0.3 is 5.11 Å². The summed E-state index contributed by atoms with van der Waals surface area (Å²) in [5.74, 6) is 0. The number of hydrogen-bond donors (Lipinski definition) is 1. The van der Waals surface area contributed by atoms with Gasteiger partial charge in [-0.25, -0.2) is 0 Å². The second-order valence-electron chi connectivity index (χ2n) is 6.16. The molecule has 2 fully saturated rings. The van der Waals surface area contributed by atoms with Crippen molar-refractivity contribution in [1.29, 1.82) is 0 Å². The van der Waals surface area contributed by atoms with Crippen LogP contribution in [0.2, 0.25) is 0 Å². The molecule has 2 rings (SSSR count). The van der Waals surface area contributed by atoms with E-state index in [1.807, 2.05) is 0 Å². The molecule has 88 valence electrons. The Morgan fingerprint density at radius 3 is 2.53 bits per heavy atom. The van der Waals surface area contributed by atoms with E-state index in [2.05, 4.69) is 18.7 Å². The van der Waals surface area contributed by atoms with Crippen LogP contribution in [0.5, 0.6) is 0 Å². The maximum Gasteiger partial charge on any atom is 0.0695 e. The van der Waals surface area contributed by atoms with Crippen LogP contribution in [-0.4, -0.2) is 35.2 Å². The van der Waals surface area contributed by atoms with Gasteiger partial charge in [-0.1, -0.05) is 26.7 Å². The van der Waals surface area contributed by atoms with Crippen LogP contribution >= 0.6 is 0 Å². The Balaban J connectivity index is 1.96. The van der Waals surface area contributed by atoms with Crippen LogP contribution in [0, 0.1) is 5.41 Å². The molecule has 1 N–H and O–H groups in total. The van der Waals surface area contributed by atoms with Crippen molar-refractivity contribution in [2.75, 3.05) is 13.1 Å². The summed E-state index contributed by atoms with van der Waals surface area (Å²) in [6.07, 6.45) is 7.32. The Bertz CT molecular complexity index is 215. The van der Waals surface area contributed by atoms with Gasteiger partial charge >= 0.3 is 0 Å². The Hall–Kier alpha value is -0.0800. The molecular formula is C13H25NO. The molecular weight excluding hydrogens is 186 g/mol. The van der Waals surface area contributed by atoms with Gasteiger partial charge in [0.2, 0.25) is 0 Å². The van der Waals surface area contributed by atoms with Gasteiger partial charge in [-0.2, -0.15) is 0 Å². The highest BCUT2D eigenvalue weighted by molar-refractivity contribution is 4.88. The quantitative estimate of drug-likeness (QED) is 0.720. The lowest BCUT2D eigenvalue weighted by molar-refractivity contribution is -0.0143. The normalized spacial score (nSPS) is 37.8. The van der Waals surface area contributed by atoms with E-state index < -0.39 is 0 Å². The molecule has 1 heterocycles. The molecule has 0 aromatic rings. The minimum atomic E-state index is -0.0624. The van der Waals surface area contributed by atoms with Crippen LogP contribution in [0.4, 0.5) is 0 Å². The standard InChI is InChI=1S/C13H25NO/c1-13(2)8-5-9-14(10-13)11-6-3-4-7-12(11)15/h11-12,15H,3-10H2,1-2H3/t11-,12-/m1/s1. The van der Waals surface area contributed by atoms with Gasteiger partial charge in [-0.3, -0.25) is 4.90 Å². The summed E-state index contributed by atoms with van der Waals surface area (Å²) < 4.78 is 0. The molecule has 15 heavy (non-hydrogen) atoms. The van der Waals surface area contributed by atoms with Crippen LogP contribution in [0.25, 0.3) is 0 Å². The van der Waals surface area contributed by atoms with Crippen LogP contribution in [0.15, 0.2) is 0 Å². The van der Waals surface area contributed by atoms with Crippen molar-refractivity contribution in [2.24, 2.45) is 5.41 Å². The van der Waals surface area contributed by atoms with Crippen molar-refractivity contribution in [3.05, 3.63) is 0 Å². The molecule has 2 aliphatic rings. The first-order valence-corrected chi connectivity index (χ1v) is 6.51. The Morgan fingerprint density at radius 2 is 1.87 bits per heavy atom. The Morgan fingerprint density at radius 1 is 1.13 bits per heavy atom. The third-order valence-corrected chi connectivity index (χ3v) is 4.09. The number of aliphatic hydroxyl groups excluding tert-OH is 1. The first-order valence-electron chi connectivity index (χ1n) is 6.51. The van der Waals surface area contributed by atoms with Crippen LogP contribution < -0.4 is 0 Å². The third-order valence-electron chi connectivity index (χ3n) is 4.09. The number of likely N-dealkylation sites (tertiary alicyclic amines) is 1. The SMILES string of the molecule is CC1(C)CCCN([C@@H]2CCCC[C@H]2O)C1. The van der Waals surface area contributed by atoms with Crippen molar-refractivity contribution >= 4 is 0 Å². The van der Waals surface area contributed by atoms with Crippen molar-refractivity contribution in [2.45, 2.75) is 64.5 Å². The van der Waals surface area contributed by atoms with Gasteiger partial charge in [-0.05, 0) is 37.6 Å². The lowest BCUT2D eigenvalue weighted by Gasteiger charge is -2.45. The first kappa shape index (κ1) is 11.4. The molecule has 1 saturated heterocycles. The minimum Gasteiger partial charge on any atom is -0.391 e. The van der Waals surface area contributed by atoms with E-state index in [0.717, 1.165) is 6.42 Å². The summed E-state index contributed by atoms with van der Waals surface area (Å²) >= 11 is 0. The second-order valence-corrected chi connectivity index (χ2v) is 6.16. The molecule has 0 bridgehead atoms. The zero-order chi connectivity index (χ0) is 10.9. The number of hydrogen-bond acceptors (Lipinski definition) is 2. The highest BCUT2D eigenvalue weighted by atomic mass is 16.3. The lowest BCUT2D eigenvalue weighted by atomic mass is 9.81. The smallest absolute Gasteiger partial charge is 0.0695 e. The molecule has 1 aliphatic heterocycles. The second kappa shape index (κ2) is 4.42. The average Bonchev–Trinajstić information content (AvgIpc) is 2.17. The van der Waals surface area contributed by atoms with Gasteiger partial charge in [0.25, 0.3) is 0 Å². The van der Waals surface area contributed by atoms with E-state index in [1.54, 1.807) is 0 Å². The Labute approximate surface area is 93.7 Å². The van der Waals surface area contributed by atoms with E-state index in [1.165, 1.54) is 45.2 Å². The Kier molecular flexibility index (Phi) is 3.36. The number of rotatable bonds is 1. The molecule has 0 unspecified atom stereocenters. The van der Waals surface area contributed by atoms with E-state index >= 15 is 0 Å². The van der Waals surface area contributed by atoms with Gasteiger partial charge in [0, 0.05) is 12.6 Å². The van der Waals surface area contributed by atoms with Crippen LogP contribution in [0.3, 0.4) is 0 Å². The van der Waals surface area contributed by atoms with E-state index in [9.17, 15) is 5.11 Å². The van der Waals surface area contributed by atoms with Crippen molar-refractivity contribution in [3.63, 3.8) is 0 Å². The minimum absolute atomic E-state index is 0.0624. The number of nitrogens with zero attached hydrogens (tertiary/aromatic N) is 1. The summed E-state index contributed by atoms with van der Waals surface area (Å²) in [5.41, 5.74) is 0.454. The molecule has 0 aromatic heterocycles. The highest BCUT2D eigenvalue weighted by Gasteiger charge is 2.34. The lowest BCUT2D eigenvalue weighted by Crippen LogP contribution is -2.51. The highest BCUT2D eigenvalue weighted by Crippen LogP contribution is 2.33. The monoisotopic (exact) mass is 211 g/mol. The fraction of sp³-hybridized carbons (Fsp3) is 1.00. The number of piperidine rings is 1. The summed E-state index contributed by atoms with van der Waals surface area (Å²) in [4.78, 5) is 2.55. The van der Waals surface area contributed by atoms with Gasteiger partial charge in [-0.15, -0.1) is 0 Å². The topological polar surface area (TPSA) is 23.5 Å². The van der Waals surface area contributed by atoms with E-state index in [-0.39, 0.29) is 6.10 Å². The molecule has 2 heteroatoms. The summed E-state index contributed by atoms with van der Waals surface area (Å²) in [6.45, 7) is 7.09. The molecule has 1 saturated carbocycles. The summed E-state index contributed by atoms with van der Waals surface area (Å²) in [7, 11) is 0. The maximum atomic E-state index is 10.0. The van der Waals surface area contributed by atoms with Gasteiger partial charge in [0.05, 0.1) is 6.10 Å². The fourth-order valence-corrected chi connectivity index (χ4v) is 3.27.